The van der Waals surface area contributed by atoms with E-state index in [-0.39, 0.29) is 60.1 Å². The number of nitrogens with two attached hydrogens (primary N) is 1. The van der Waals surface area contributed by atoms with E-state index in [1.54, 1.807) is 4.90 Å². The molecule has 4 aliphatic heterocycles. The van der Waals surface area contributed by atoms with Crippen molar-refractivity contribution in [2.24, 2.45) is 17.1 Å². The van der Waals surface area contributed by atoms with E-state index in [4.69, 9.17) is 10.5 Å². The van der Waals surface area contributed by atoms with Gasteiger partial charge in [0.15, 0.2) is 19.7 Å². The molecule has 0 radical (unpaired) electrons. The summed E-state index contributed by atoms with van der Waals surface area (Å²) in [6.07, 6.45) is 1.45. The van der Waals surface area contributed by atoms with Gasteiger partial charge in [0.25, 0.3) is 0 Å². The summed E-state index contributed by atoms with van der Waals surface area (Å²) in [5, 5.41) is 0. The van der Waals surface area contributed by atoms with E-state index in [1.165, 1.54) is 0 Å². The van der Waals surface area contributed by atoms with E-state index in [2.05, 4.69) is 18.7 Å². The Morgan fingerprint density at radius 1 is 1.05 bits per heavy atom. The Labute approximate surface area is 220 Å². The molecule has 2 N–H and O–H groups in total. The van der Waals surface area contributed by atoms with Crippen LogP contribution in [0.1, 0.15) is 26.7 Å². The number of sulfone groups is 2. The third-order valence-corrected chi connectivity index (χ3v) is 11.1. The molecular formula is C25H40N4O6S2. The predicted molar refractivity (Wildman–Crippen MR) is 144 cm³/mol. The lowest BCUT2D eigenvalue weighted by Gasteiger charge is -2.48. The Kier molecular flexibility index (Phi) is 8.30. The van der Waals surface area contributed by atoms with Gasteiger partial charge >= 0.3 is 6.03 Å². The number of hydrogen-bond donors (Lipinski definition) is 1. The second-order valence-corrected chi connectivity index (χ2v) is 15.8. The number of fused-ring (bicyclic) bond motifs is 4. The molecule has 12 heteroatoms. The second-order valence-electron chi connectivity index (χ2n) is 11.2. The van der Waals surface area contributed by atoms with Crippen molar-refractivity contribution in [1.29, 1.82) is 0 Å². The van der Waals surface area contributed by atoms with E-state index in [0.717, 1.165) is 18.7 Å². The molecule has 0 spiro atoms. The molecule has 208 valence electrons. The second kappa shape index (κ2) is 11.0. The molecule has 4 saturated heterocycles. The van der Waals surface area contributed by atoms with Gasteiger partial charge in [0, 0.05) is 45.0 Å². The van der Waals surface area contributed by atoms with Gasteiger partial charge in [-0.3, -0.25) is 0 Å². The molecule has 0 aromatic heterocycles. The summed E-state index contributed by atoms with van der Waals surface area (Å²) < 4.78 is 53.0. The van der Waals surface area contributed by atoms with E-state index in [1.807, 2.05) is 29.2 Å². The zero-order valence-corrected chi connectivity index (χ0v) is 23.5. The Hall–Kier alpha value is -2.05. The monoisotopic (exact) mass is 556 g/mol. The summed E-state index contributed by atoms with van der Waals surface area (Å²) in [4.78, 5) is 19.4. The molecule has 4 fully saturated rings. The van der Waals surface area contributed by atoms with Crippen LogP contribution in [-0.4, -0.2) is 108 Å². The molecule has 10 nitrogen and oxygen atoms in total. The molecule has 2 amide bonds. The molecule has 1 aromatic rings. The number of rotatable bonds is 8. The number of hydrogen-bond acceptors (Lipinski definition) is 8. The largest absolute Gasteiger partial charge is 0.494 e. The summed E-state index contributed by atoms with van der Waals surface area (Å²) in [6, 6.07) is 7.95. The molecule has 4 heterocycles. The van der Waals surface area contributed by atoms with Crippen molar-refractivity contribution in [2.45, 2.75) is 32.7 Å². The summed E-state index contributed by atoms with van der Waals surface area (Å²) >= 11 is 0. The third-order valence-electron chi connectivity index (χ3n) is 7.77. The minimum absolute atomic E-state index is 0.000986. The Bertz CT molecular complexity index is 1160. The fraction of sp³-hybridized carbons (Fsp3) is 0.720. The number of amides is 2. The molecule has 1 aromatic carbocycles. The highest BCUT2D eigenvalue weighted by Crippen LogP contribution is 2.43. The van der Waals surface area contributed by atoms with Gasteiger partial charge in [-0.1, -0.05) is 13.8 Å². The van der Waals surface area contributed by atoms with Crippen LogP contribution in [0.25, 0.3) is 0 Å². The first-order chi connectivity index (χ1) is 17.4. The number of benzene rings is 1. The highest BCUT2D eigenvalue weighted by molar-refractivity contribution is 7.91. The smallest absolute Gasteiger partial charge is 0.320 e. The van der Waals surface area contributed by atoms with Crippen LogP contribution in [0.4, 0.5) is 10.5 Å². The Balaban J connectivity index is 1.39. The van der Waals surface area contributed by atoms with Gasteiger partial charge in [-0.15, -0.1) is 0 Å². The molecule has 1 unspecified atom stereocenters. The quantitative estimate of drug-likeness (QED) is 0.473. The topological polar surface area (TPSA) is 130 Å². The lowest BCUT2D eigenvalue weighted by Crippen LogP contribution is -2.55. The van der Waals surface area contributed by atoms with E-state index < -0.39 is 19.7 Å². The van der Waals surface area contributed by atoms with Gasteiger partial charge in [-0.25, -0.2) is 21.6 Å². The summed E-state index contributed by atoms with van der Waals surface area (Å²) in [7, 11) is -6.16. The normalized spacial score (nSPS) is 25.1. The minimum atomic E-state index is -3.12. The van der Waals surface area contributed by atoms with E-state index in [0.29, 0.717) is 37.8 Å². The van der Waals surface area contributed by atoms with E-state index in [9.17, 15) is 21.6 Å². The van der Waals surface area contributed by atoms with Crippen LogP contribution in [0, 0.1) is 11.3 Å². The number of piperidine rings is 1. The standard InChI is InChI=1S/C25H40N4O6S2/c1-25(2)16-20-17-28(24(30)27-9-14-37(33,34)15-10-27)19-23(25)29(18-20)21-4-6-22(7-5-21)35-11-3-12-36(31,32)13-8-26/h4-7,20,23H,3,8-19,26H2,1-2H3/t20-,23?/m1/s1. The number of carbonyl (C=O) groups is 1. The number of anilines is 1. The molecule has 5 rings (SSSR count). The van der Waals surface area contributed by atoms with Crippen molar-refractivity contribution < 1.29 is 26.4 Å². The molecular weight excluding hydrogens is 516 g/mol. The summed E-state index contributed by atoms with van der Waals surface area (Å²) in [5.41, 5.74) is 6.42. The Morgan fingerprint density at radius 3 is 2.38 bits per heavy atom. The van der Waals surface area contributed by atoms with Crippen LogP contribution in [-0.2, 0) is 19.7 Å². The average Bonchev–Trinajstić information content (AvgIpc) is 3.09. The highest BCUT2D eigenvalue weighted by atomic mass is 32.2. The van der Waals surface area contributed by atoms with Crippen molar-refractivity contribution in [2.75, 3.05) is 73.8 Å². The zero-order chi connectivity index (χ0) is 26.8. The van der Waals surface area contributed by atoms with Crippen LogP contribution < -0.4 is 15.4 Å². The fourth-order valence-corrected chi connectivity index (χ4v) is 8.19. The van der Waals surface area contributed by atoms with E-state index >= 15 is 0 Å². The van der Waals surface area contributed by atoms with Crippen LogP contribution >= 0.6 is 0 Å². The van der Waals surface area contributed by atoms with Crippen molar-refractivity contribution in [3.8, 4) is 5.75 Å². The van der Waals surface area contributed by atoms with Gasteiger partial charge in [-0.2, -0.15) is 0 Å². The van der Waals surface area contributed by atoms with Gasteiger partial charge in [0.2, 0.25) is 0 Å². The maximum absolute atomic E-state index is 13.3. The molecule has 2 bridgehead atoms. The summed E-state index contributed by atoms with van der Waals surface area (Å²) in [6.45, 7) is 7.62. The number of urea groups is 1. The average molecular weight is 557 g/mol. The lowest BCUT2D eigenvalue weighted by molar-refractivity contribution is 0.153. The molecule has 0 aliphatic carbocycles. The number of ether oxygens (including phenoxy) is 1. The van der Waals surface area contributed by atoms with Gasteiger partial charge < -0.3 is 25.2 Å². The van der Waals surface area contributed by atoms with Crippen LogP contribution in [0.5, 0.6) is 5.75 Å². The SMILES string of the molecule is CC1(C)C[C@@H]2CN(C(=O)N3CCS(=O)(=O)CC3)CC1N(c1ccc(OCCCS(=O)(=O)CCN)cc1)C2. The van der Waals surface area contributed by atoms with Gasteiger partial charge in [0.1, 0.15) is 5.75 Å². The van der Waals surface area contributed by atoms with Crippen molar-refractivity contribution in [3.05, 3.63) is 24.3 Å². The lowest BCUT2D eigenvalue weighted by atomic mass is 9.73. The van der Waals surface area contributed by atoms with Crippen molar-refractivity contribution in [3.63, 3.8) is 0 Å². The summed E-state index contributed by atoms with van der Waals surface area (Å²) in [5.74, 6) is 1.15. The van der Waals surface area contributed by atoms with Crippen LogP contribution in [0.2, 0.25) is 0 Å². The first-order valence-corrected chi connectivity index (χ1v) is 16.7. The first-order valence-electron chi connectivity index (χ1n) is 13.0. The van der Waals surface area contributed by atoms with Crippen molar-refractivity contribution >= 4 is 31.4 Å². The molecule has 37 heavy (non-hydrogen) atoms. The molecule has 0 saturated carbocycles. The minimum Gasteiger partial charge on any atom is -0.494 e. The Morgan fingerprint density at radius 2 is 1.73 bits per heavy atom. The fourth-order valence-electron chi connectivity index (χ4n) is 5.86. The van der Waals surface area contributed by atoms with Crippen LogP contribution in [0.15, 0.2) is 24.3 Å². The van der Waals surface area contributed by atoms with Crippen LogP contribution in [0.3, 0.4) is 0 Å². The third kappa shape index (κ3) is 6.88. The predicted octanol–water partition coefficient (Wildman–Crippen LogP) is 1.22. The van der Waals surface area contributed by atoms with Gasteiger partial charge in [0.05, 0.1) is 35.7 Å². The zero-order valence-electron chi connectivity index (χ0n) is 21.8. The maximum Gasteiger partial charge on any atom is 0.320 e. The molecule has 4 aliphatic rings. The maximum atomic E-state index is 13.3. The highest BCUT2D eigenvalue weighted by Gasteiger charge is 2.47. The molecule has 2 atom stereocenters. The number of carbonyl (C=O) groups excluding carboxylic acids is 1. The van der Waals surface area contributed by atoms with Crippen molar-refractivity contribution in [1.82, 2.24) is 9.80 Å². The number of nitrogens with zero attached hydrogens (tertiary/aromatic N) is 3. The van der Waals surface area contributed by atoms with Gasteiger partial charge in [-0.05, 0) is 48.4 Å². The first kappa shape index (κ1) is 28.0.